The van der Waals surface area contributed by atoms with Crippen LogP contribution in [0.1, 0.15) is 102 Å². The summed E-state index contributed by atoms with van der Waals surface area (Å²) in [7, 11) is 0. The molecule has 0 radical (unpaired) electrons. The first-order valence-electron chi connectivity index (χ1n) is 10.7. The highest BCUT2D eigenvalue weighted by Gasteiger charge is 2.25. The van der Waals surface area contributed by atoms with Gasteiger partial charge in [-0.25, -0.2) is 0 Å². The van der Waals surface area contributed by atoms with Crippen LogP contribution >= 0.6 is 0 Å². The van der Waals surface area contributed by atoms with E-state index in [4.69, 9.17) is 0 Å². The molecule has 2 atom stereocenters. The lowest BCUT2D eigenvalue weighted by Gasteiger charge is -2.29. The van der Waals surface area contributed by atoms with Crippen molar-refractivity contribution in [3.05, 3.63) is 58.7 Å². The summed E-state index contributed by atoms with van der Waals surface area (Å²) in [4.78, 5) is 0. The van der Waals surface area contributed by atoms with E-state index in [0.717, 1.165) is 12.8 Å². The van der Waals surface area contributed by atoms with Crippen LogP contribution in [0.5, 0.6) is 0 Å². The maximum atomic E-state index is 2.36. The molecule has 0 heterocycles. The fraction of sp³-hybridized carbons (Fsp3) is 0.462. The molecule has 0 aromatic heterocycles. The molecule has 26 heavy (non-hydrogen) atoms. The van der Waals surface area contributed by atoms with E-state index in [0.29, 0.717) is 11.8 Å². The first kappa shape index (κ1) is 22.2. The van der Waals surface area contributed by atoms with Crippen LogP contribution in [0, 0.1) is 0 Å². The van der Waals surface area contributed by atoms with Gasteiger partial charge < -0.3 is 0 Å². The fourth-order valence-electron chi connectivity index (χ4n) is 3.97. The molecule has 0 heteroatoms. The van der Waals surface area contributed by atoms with Gasteiger partial charge in [0.05, 0.1) is 0 Å². The third kappa shape index (κ3) is 4.11. The van der Waals surface area contributed by atoms with Crippen molar-refractivity contribution >= 4 is 22.9 Å². The third-order valence-electron chi connectivity index (χ3n) is 4.91. The average Bonchev–Trinajstić information content (AvgIpc) is 2.73. The van der Waals surface area contributed by atoms with E-state index >= 15 is 0 Å². The number of hydrogen-bond acceptors (Lipinski definition) is 0. The van der Waals surface area contributed by atoms with Gasteiger partial charge in [0.25, 0.3) is 0 Å². The molecule has 0 spiro atoms. The Kier molecular flexibility index (Phi) is 9.41. The molecule has 4 rings (SSSR count). The van der Waals surface area contributed by atoms with Crippen LogP contribution in [-0.2, 0) is 0 Å². The number of hydrogen-bond donors (Lipinski definition) is 0. The highest BCUT2D eigenvalue weighted by atomic mass is 14.3. The van der Waals surface area contributed by atoms with Crippen LogP contribution in [0.4, 0.5) is 0 Å². The largest absolute Gasteiger partial charge is 0.0833 e. The molecule has 142 valence electrons. The molecule has 2 aliphatic carbocycles. The summed E-state index contributed by atoms with van der Waals surface area (Å²) in [5, 5.41) is 2.94. The van der Waals surface area contributed by atoms with Crippen molar-refractivity contribution in [1.82, 2.24) is 0 Å². The van der Waals surface area contributed by atoms with Gasteiger partial charge in [-0.3, -0.25) is 0 Å². The van der Waals surface area contributed by atoms with Crippen molar-refractivity contribution in [2.75, 3.05) is 0 Å². The zero-order chi connectivity index (χ0) is 19.7. The number of allylic oxidation sites excluding steroid dienone is 2. The Bertz CT molecular complexity index is 682. The molecule has 0 nitrogen and oxygen atoms in total. The maximum Gasteiger partial charge on any atom is -0.0140 e. The Balaban J connectivity index is 0.000000515. The second-order valence-electron chi connectivity index (χ2n) is 6.28. The van der Waals surface area contributed by atoms with Gasteiger partial charge in [-0.15, -0.1) is 0 Å². The third-order valence-corrected chi connectivity index (χ3v) is 4.91. The Morgan fingerprint density at radius 1 is 0.615 bits per heavy atom. The van der Waals surface area contributed by atoms with Crippen molar-refractivity contribution in [3.8, 4) is 0 Å². The van der Waals surface area contributed by atoms with Crippen LogP contribution in [0.3, 0.4) is 0 Å². The van der Waals surface area contributed by atoms with Crippen LogP contribution < -0.4 is 0 Å². The lowest BCUT2D eigenvalue weighted by atomic mass is 9.75. The SMILES string of the molecule is CC.CC.CC.CC1CC=Cc2c3c(c4ccccc4c21)C(C)CC=C3. The van der Waals surface area contributed by atoms with Gasteiger partial charge in [-0.05, 0) is 57.7 Å². The summed E-state index contributed by atoms with van der Waals surface area (Å²) in [6.45, 7) is 16.7. The topological polar surface area (TPSA) is 0 Å². The second kappa shape index (κ2) is 11.0. The van der Waals surface area contributed by atoms with Gasteiger partial charge in [0.1, 0.15) is 0 Å². The predicted octanol–water partition coefficient (Wildman–Crippen LogP) is 8.96. The minimum atomic E-state index is 0.621. The highest BCUT2D eigenvalue weighted by molar-refractivity contribution is 5.97. The maximum absolute atomic E-state index is 2.36. The summed E-state index contributed by atoms with van der Waals surface area (Å²) < 4.78 is 0. The summed E-state index contributed by atoms with van der Waals surface area (Å²) in [5.41, 5.74) is 6.06. The molecule has 2 aliphatic rings. The number of rotatable bonds is 0. The summed E-state index contributed by atoms with van der Waals surface area (Å²) in [6, 6.07) is 9.00. The van der Waals surface area contributed by atoms with Gasteiger partial charge >= 0.3 is 0 Å². The molecular weight excluding hydrogens is 312 g/mol. The summed E-state index contributed by atoms with van der Waals surface area (Å²) >= 11 is 0. The van der Waals surface area contributed by atoms with Crippen molar-refractivity contribution < 1.29 is 0 Å². The Labute approximate surface area is 162 Å². The molecule has 2 unspecified atom stereocenters. The molecule has 0 bridgehead atoms. The quantitative estimate of drug-likeness (QED) is 0.444. The van der Waals surface area contributed by atoms with E-state index < -0.39 is 0 Å². The first-order chi connectivity index (χ1) is 12.8. The van der Waals surface area contributed by atoms with E-state index in [9.17, 15) is 0 Å². The van der Waals surface area contributed by atoms with Crippen LogP contribution in [-0.4, -0.2) is 0 Å². The molecule has 2 aromatic carbocycles. The molecule has 0 saturated carbocycles. The van der Waals surface area contributed by atoms with Gasteiger partial charge in [-0.2, -0.15) is 0 Å². The van der Waals surface area contributed by atoms with Crippen LogP contribution in [0.25, 0.3) is 22.9 Å². The summed E-state index contributed by atoms with van der Waals surface area (Å²) in [5.74, 6) is 1.24. The smallest absolute Gasteiger partial charge is 0.0140 e. The van der Waals surface area contributed by atoms with Gasteiger partial charge in [0, 0.05) is 0 Å². The van der Waals surface area contributed by atoms with Crippen molar-refractivity contribution in [1.29, 1.82) is 0 Å². The van der Waals surface area contributed by atoms with Crippen molar-refractivity contribution in [2.24, 2.45) is 0 Å². The number of fused-ring (bicyclic) bond motifs is 6. The normalized spacial score (nSPS) is 18.9. The molecule has 0 saturated heterocycles. The highest BCUT2D eigenvalue weighted by Crippen LogP contribution is 2.44. The lowest BCUT2D eigenvalue weighted by Crippen LogP contribution is -2.10. The Hall–Kier alpha value is -1.82. The molecule has 0 N–H and O–H groups in total. The number of benzene rings is 2. The van der Waals surface area contributed by atoms with Gasteiger partial charge in [0.2, 0.25) is 0 Å². The molecule has 0 fully saturated rings. The zero-order valence-electron chi connectivity index (χ0n) is 18.2. The summed E-state index contributed by atoms with van der Waals surface area (Å²) in [6.07, 6.45) is 11.7. The first-order valence-corrected chi connectivity index (χ1v) is 10.7. The molecular formula is C26H38. The predicted molar refractivity (Wildman–Crippen MR) is 122 cm³/mol. The minimum absolute atomic E-state index is 0.621. The molecule has 0 aliphatic heterocycles. The minimum Gasteiger partial charge on any atom is -0.0833 e. The van der Waals surface area contributed by atoms with E-state index in [1.807, 2.05) is 41.5 Å². The van der Waals surface area contributed by atoms with E-state index in [-0.39, 0.29) is 0 Å². The van der Waals surface area contributed by atoms with Gasteiger partial charge in [-0.1, -0.05) is 104 Å². The Morgan fingerprint density at radius 3 is 1.31 bits per heavy atom. The molecule has 2 aromatic rings. The standard InChI is InChI=1S/C20H20.3C2H6/c1-13-7-5-11-17-18-12-6-8-14(2)20(18)16-10-4-3-9-15(16)19(13)17;3*1-2/h3-6,9-14H,7-8H2,1-2H3;3*1-2H3. The Morgan fingerprint density at radius 2 is 0.962 bits per heavy atom. The van der Waals surface area contributed by atoms with Crippen LogP contribution in [0.15, 0.2) is 36.4 Å². The second-order valence-corrected chi connectivity index (χ2v) is 6.28. The van der Waals surface area contributed by atoms with Crippen LogP contribution in [0.2, 0.25) is 0 Å². The van der Waals surface area contributed by atoms with E-state index in [1.165, 1.54) is 21.9 Å². The van der Waals surface area contributed by atoms with E-state index in [2.05, 4.69) is 62.4 Å². The molecule has 0 amide bonds. The van der Waals surface area contributed by atoms with Crippen molar-refractivity contribution in [2.45, 2.75) is 80.1 Å². The monoisotopic (exact) mass is 350 g/mol. The average molecular weight is 351 g/mol. The zero-order valence-corrected chi connectivity index (χ0v) is 18.2. The van der Waals surface area contributed by atoms with Gasteiger partial charge in [0.15, 0.2) is 0 Å². The fourth-order valence-corrected chi connectivity index (χ4v) is 3.97. The van der Waals surface area contributed by atoms with Crippen molar-refractivity contribution in [3.63, 3.8) is 0 Å². The lowest BCUT2D eigenvalue weighted by molar-refractivity contribution is 0.761. The van der Waals surface area contributed by atoms with E-state index in [1.54, 1.807) is 11.1 Å².